The minimum absolute atomic E-state index is 0.530. The Hall–Kier alpha value is -1.74. The third-order valence-corrected chi connectivity index (χ3v) is 1.86. The molecule has 0 amide bonds. The molecule has 1 aromatic heterocycles. The molecule has 7 heteroatoms. The summed E-state index contributed by atoms with van der Waals surface area (Å²) in [6, 6.07) is 1.31. The zero-order chi connectivity index (χ0) is 11.6. The topological polar surface area (TPSA) is 73.7 Å². The number of rotatable bonds is 2. The van der Waals surface area contributed by atoms with Crippen molar-refractivity contribution in [3.8, 4) is 6.07 Å². The monoisotopic (exact) mass is 232 g/mol. The van der Waals surface area contributed by atoms with Gasteiger partial charge in [0.25, 0.3) is 11.7 Å². The van der Waals surface area contributed by atoms with Gasteiger partial charge in [-0.15, -0.1) is 0 Å². The molecule has 0 radical (unpaired) electrons. The van der Waals surface area contributed by atoms with Crippen LogP contribution in [0.4, 0.5) is 8.78 Å². The highest BCUT2D eigenvalue weighted by molar-refractivity contribution is 6.67. The van der Waals surface area contributed by atoms with Crippen LogP contribution in [0.1, 0.15) is 28.0 Å². The highest BCUT2D eigenvalue weighted by Gasteiger charge is 2.20. The first-order valence-corrected chi connectivity index (χ1v) is 4.00. The van der Waals surface area contributed by atoms with Crippen LogP contribution in [0, 0.1) is 11.3 Å². The van der Waals surface area contributed by atoms with Crippen LogP contribution in [0.5, 0.6) is 0 Å². The molecule has 1 heterocycles. The second-order valence-electron chi connectivity index (χ2n) is 2.51. The van der Waals surface area contributed by atoms with Crippen molar-refractivity contribution >= 4 is 16.8 Å². The number of carbonyl (C=O) groups excluding carboxylic acids is 1. The molecule has 0 spiro atoms. The quantitative estimate of drug-likeness (QED) is 0.787. The van der Waals surface area contributed by atoms with Crippen molar-refractivity contribution in [3.05, 3.63) is 33.2 Å². The number of alkyl halides is 2. The summed E-state index contributed by atoms with van der Waals surface area (Å²) >= 11 is 5.01. The van der Waals surface area contributed by atoms with Crippen LogP contribution in [0.25, 0.3) is 0 Å². The number of halogens is 3. The zero-order valence-corrected chi connectivity index (χ0v) is 7.81. The van der Waals surface area contributed by atoms with Gasteiger partial charge in [-0.05, 0) is 11.6 Å². The highest BCUT2D eigenvalue weighted by atomic mass is 35.5. The number of carbonyl (C=O) groups is 1. The summed E-state index contributed by atoms with van der Waals surface area (Å²) in [4.78, 5) is 24.0. The molecule has 0 saturated heterocycles. The number of hydrogen-bond donors (Lipinski definition) is 1. The molecule has 0 fully saturated rings. The maximum atomic E-state index is 12.3. The van der Waals surface area contributed by atoms with E-state index in [1.165, 1.54) is 6.07 Å². The first kappa shape index (κ1) is 11.3. The smallest absolute Gasteiger partial charge is 0.279 e. The summed E-state index contributed by atoms with van der Waals surface area (Å²) < 4.78 is 24.6. The Bertz CT molecular complexity index is 504. The first-order valence-electron chi connectivity index (χ1n) is 3.62. The lowest BCUT2D eigenvalue weighted by Crippen LogP contribution is -2.18. The Morgan fingerprint density at radius 1 is 1.60 bits per heavy atom. The third kappa shape index (κ3) is 2.02. The molecule has 0 unspecified atom stereocenters. The molecule has 4 nitrogen and oxygen atoms in total. The third-order valence-electron chi connectivity index (χ3n) is 1.65. The van der Waals surface area contributed by atoms with Crippen molar-refractivity contribution in [2.45, 2.75) is 6.43 Å². The van der Waals surface area contributed by atoms with Crippen molar-refractivity contribution in [1.29, 1.82) is 5.26 Å². The van der Waals surface area contributed by atoms with E-state index in [0.717, 1.165) is 6.20 Å². The molecule has 78 valence electrons. The molecule has 15 heavy (non-hydrogen) atoms. The fraction of sp³-hybridized carbons (Fsp3) is 0.125. The molecule has 0 aliphatic carbocycles. The summed E-state index contributed by atoms with van der Waals surface area (Å²) in [5.74, 6) is 0. The van der Waals surface area contributed by atoms with Crippen LogP contribution >= 0.6 is 11.6 Å². The molecule has 1 rings (SSSR count). The van der Waals surface area contributed by atoms with Gasteiger partial charge in [-0.1, -0.05) is 0 Å². The van der Waals surface area contributed by atoms with Gasteiger partial charge in [-0.2, -0.15) is 5.26 Å². The van der Waals surface area contributed by atoms with Crippen molar-refractivity contribution in [1.82, 2.24) is 4.98 Å². The molecule has 0 bridgehead atoms. The SMILES string of the molecule is N#Cc1c(C(F)F)[nH]cc(C(=O)Cl)c1=O. The van der Waals surface area contributed by atoms with Crippen molar-refractivity contribution in [2.24, 2.45) is 0 Å². The van der Waals surface area contributed by atoms with Crippen LogP contribution in [0.15, 0.2) is 11.0 Å². The van der Waals surface area contributed by atoms with Gasteiger partial charge in [-0.3, -0.25) is 9.59 Å². The van der Waals surface area contributed by atoms with Crippen LogP contribution < -0.4 is 5.43 Å². The Morgan fingerprint density at radius 3 is 2.60 bits per heavy atom. The van der Waals surface area contributed by atoms with Gasteiger partial charge in [0.05, 0.1) is 5.56 Å². The molecule has 1 aromatic rings. The average molecular weight is 233 g/mol. The fourth-order valence-electron chi connectivity index (χ4n) is 0.974. The predicted molar refractivity (Wildman–Crippen MR) is 46.9 cm³/mol. The lowest BCUT2D eigenvalue weighted by molar-refractivity contribution is 0.107. The molecular weight excluding hydrogens is 230 g/mol. The minimum Gasteiger partial charge on any atom is -0.358 e. The summed E-state index contributed by atoms with van der Waals surface area (Å²) in [7, 11) is 0. The van der Waals surface area contributed by atoms with Crippen LogP contribution in [0.3, 0.4) is 0 Å². The number of nitrogens with zero attached hydrogens (tertiary/aromatic N) is 1. The second kappa shape index (κ2) is 4.19. The minimum atomic E-state index is -2.99. The van der Waals surface area contributed by atoms with E-state index in [-0.39, 0.29) is 0 Å². The van der Waals surface area contributed by atoms with E-state index in [9.17, 15) is 18.4 Å². The Morgan fingerprint density at radius 2 is 2.20 bits per heavy atom. The van der Waals surface area contributed by atoms with Crippen molar-refractivity contribution in [2.75, 3.05) is 0 Å². The number of aromatic nitrogens is 1. The summed E-state index contributed by atoms with van der Waals surface area (Å²) in [6.07, 6.45) is -2.23. The van der Waals surface area contributed by atoms with Crippen LogP contribution in [-0.2, 0) is 0 Å². The largest absolute Gasteiger partial charge is 0.358 e. The predicted octanol–water partition coefficient (Wildman–Crippen LogP) is 1.56. The number of nitriles is 1. The molecule has 0 aromatic carbocycles. The maximum absolute atomic E-state index is 12.3. The lowest BCUT2D eigenvalue weighted by Gasteiger charge is -2.02. The first-order chi connectivity index (χ1) is 6.99. The van der Waals surface area contributed by atoms with Gasteiger partial charge in [0.15, 0.2) is 0 Å². The van der Waals surface area contributed by atoms with E-state index in [1.807, 2.05) is 4.98 Å². The summed E-state index contributed by atoms with van der Waals surface area (Å²) in [5, 5.41) is 7.39. The van der Waals surface area contributed by atoms with E-state index >= 15 is 0 Å². The molecule has 1 N–H and O–H groups in total. The molecule has 0 saturated carbocycles. The van der Waals surface area contributed by atoms with E-state index in [4.69, 9.17) is 16.9 Å². The normalized spacial score (nSPS) is 10.1. The van der Waals surface area contributed by atoms with E-state index in [2.05, 4.69) is 0 Å². The highest BCUT2D eigenvalue weighted by Crippen LogP contribution is 2.18. The van der Waals surface area contributed by atoms with E-state index < -0.39 is 33.9 Å². The number of H-pyrrole nitrogens is 1. The zero-order valence-electron chi connectivity index (χ0n) is 7.05. The van der Waals surface area contributed by atoms with Crippen molar-refractivity contribution in [3.63, 3.8) is 0 Å². The molecule has 0 aliphatic rings. The fourth-order valence-corrected chi connectivity index (χ4v) is 1.11. The van der Waals surface area contributed by atoms with Gasteiger partial charge in [0.2, 0.25) is 5.43 Å². The van der Waals surface area contributed by atoms with Gasteiger partial charge < -0.3 is 4.98 Å². The Kier molecular flexibility index (Phi) is 3.17. The van der Waals surface area contributed by atoms with Crippen LogP contribution in [-0.4, -0.2) is 10.2 Å². The average Bonchev–Trinajstić information content (AvgIpc) is 2.16. The summed E-state index contributed by atoms with van der Waals surface area (Å²) in [6.45, 7) is 0. The molecule has 0 atom stereocenters. The number of aromatic amines is 1. The van der Waals surface area contributed by atoms with Gasteiger partial charge in [-0.25, -0.2) is 8.78 Å². The molecular formula is C8H3ClF2N2O2. The van der Waals surface area contributed by atoms with Gasteiger partial charge in [0, 0.05) is 6.20 Å². The van der Waals surface area contributed by atoms with Gasteiger partial charge >= 0.3 is 0 Å². The molecule has 0 aliphatic heterocycles. The van der Waals surface area contributed by atoms with E-state index in [1.54, 1.807) is 0 Å². The number of pyridine rings is 1. The number of hydrogen-bond acceptors (Lipinski definition) is 3. The summed E-state index contributed by atoms with van der Waals surface area (Å²) in [5.41, 5.74) is -3.23. The van der Waals surface area contributed by atoms with Gasteiger partial charge in [0.1, 0.15) is 17.3 Å². The maximum Gasteiger partial charge on any atom is 0.279 e. The number of nitrogens with one attached hydrogen (secondary N) is 1. The van der Waals surface area contributed by atoms with Crippen molar-refractivity contribution < 1.29 is 13.6 Å². The Balaban J connectivity index is 3.56. The van der Waals surface area contributed by atoms with Crippen LogP contribution in [0.2, 0.25) is 0 Å². The second-order valence-corrected chi connectivity index (χ2v) is 2.85. The standard InChI is InChI=1S/C8H3ClF2N2O2/c9-7(15)4-2-13-5(8(10)11)3(1-12)6(4)14/h2,8H,(H,13,14). The Labute approximate surface area is 87.1 Å². The lowest BCUT2D eigenvalue weighted by atomic mass is 10.1. The van der Waals surface area contributed by atoms with E-state index in [0.29, 0.717) is 0 Å².